The zero-order valence-corrected chi connectivity index (χ0v) is 13.7. The van der Waals surface area contributed by atoms with Gasteiger partial charge in [0.1, 0.15) is 5.69 Å². The molecule has 2 aromatic rings. The Balaban J connectivity index is 0.000000647. The van der Waals surface area contributed by atoms with E-state index in [1.165, 1.54) is 19.3 Å². The smallest absolute Gasteiger partial charge is 0.270 e. The van der Waals surface area contributed by atoms with Crippen LogP contribution in [0.2, 0.25) is 0 Å². The molecule has 130 valence electrons. The van der Waals surface area contributed by atoms with Crippen molar-refractivity contribution in [3.63, 3.8) is 0 Å². The first-order valence-electron chi connectivity index (χ1n) is 8.02. The van der Waals surface area contributed by atoms with Gasteiger partial charge in [-0.25, -0.2) is 18.7 Å². The zero-order chi connectivity index (χ0) is 17.4. The molecule has 7 heteroatoms. The molecule has 1 N–H and O–H groups in total. The van der Waals surface area contributed by atoms with E-state index < -0.39 is 6.93 Å². The lowest BCUT2D eigenvalue weighted by Crippen LogP contribution is -2.36. The number of amides is 1. The largest absolute Gasteiger partial charge is 0.348 e. The maximum absolute atomic E-state index is 12.3. The van der Waals surface area contributed by atoms with E-state index >= 15 is 0 Å². The summed E-state index contributed by atoms with van der Waals surface area (Å²) in [5.74, 6) is -0.0779. The Morgan fingerprint density at radius 3 is 2.62 bits per heavy atom. The monoisotopic (exact) mass is 336 g/mol. The lowest BCUT2D eigenvalue weighted by atomic mass is 9.95. The van der Waals surface area contributed by atoms with Crippen LogP contribution in [0.5, 0.6) is 0 Å². The van der Waals surface area contributed by atoms with Crippen LogP contribution in [0.15, 0.2) is 30.7 Å². The second kappa shape index (κ2) is 9.10. The fraction of sp³-hybridized carbons (Fsp3) is 0.471. The van der Waals surface area contributed by atoms with Gasteiger partial charge in [-0.05, 0) is 25.0 Å². The molecule has 0 aromatic carbocycles. The van der Waals surface area contributed by atoms with Gasteiger partial charge in [0.2, 0.25) is 6.93 Å². The summed E-state index contributed by atoms with van der Waals surface area (Å²) in [4.78, 5) is 20.9. The molecule has 0 radical (unpaired) electrons. The average molecular weight is 336 g/mol. The number of halogens is 2. The summed E-state index contributed by atoms with van der Waals surface area (Å²) in [6.07, 6.45) is 9.32. The van der Waals surface area contributed by atoms with Crippen molar-refractivity contribution in [1.82, 2.24) is 19.9 Å². The molecule has 1 amide bonds. The zero-order valence-electron chi connectivity index (χ0n) is 13.7. The molecular weight excluding hydrogens is 314 g/mol. The van der Waals surface area contributed by atoms with Gasteiger partial charge in [0.15, 0.2) is 0 Å². The maximum atomic E-state index is 12.3. The number of aryl methyl sites for hydroxylation is 1. The lowest BCUT2D eigenvalue weighted by Gasteiger charge is -2.22. The summed E-state index contributed by atoms with van der Waals surface area (Å²) >= 11 is 0. The van der Waals surface area contributed by atoms with Crippen molar-refractivity contribution in [2.75, 3.05) is 6.93 Å². The molecule has 0 atom stereocenters. The molecule has 0 spiro atoms. The van der Waals surface area contributed by atoms with Crippen LogP contribution < -0.4 is 5.32 Å². The van der Waals surface area contributed by atoms with Gasteiger partial charge >= 0.3 is 0 Å². The highest BCUT2D eigenvalue weighted by molar-refractivity contribution is 5.92. The predicted octanol–water partition coefficient (Wildman–Crippen LogP) is 3.43. The van der Waals surface area contributed by atoms with Crippen LogP contribution in [-0.4, -0.2) is 33.4 Å². The molecule has 1 fully saturated rings. The number of carbonyl (C=O) groups is 1. The van der Waals surface area contributed by atoms with Crippen molar-refractivity contribution in [3.8, 4) is 11.4 Å². The molecular formula is C17H22F2N4O. The van der Waals surface area contributed by atoms with Crippen molar-refractivity contribution in [2.45, 2.75) is 38.1 Å². The van der Waals surface area contributed by atoms with Crippen molar-refractivity contribution in [3.05, 3.63) is 36.4 Å². The van der Waals surface area contributed by atoms with E-state index in [0.29, 0.717) is 11.7 Å². The molecule has 0 bridgehead atoms. The Labute approximate surface area is 140 Å². The third-order valence-electron chi connectivity index (χ3n) is 4.00. The molecule has 5 nitrogen and oxygen atoms in total. The molecule has 2 aromatic heterocycles. The van der Waals surface area contributed by atoms with E-state index in [-0.39, 0.29) is 5.91 Å². The second-order valence-electron chi connectivity index (χ2n) is 5.71. The van der Waals surface area contributed by atoms with Crippen LogP contribution in [-0.2, 0) is 7.05 Å². The number of nitrogens with one attached hydrogen (secondary N) is 1. The van der Waals surface area contributed by atoms with E-state index in [1.807, 2.05) is 23.7 Å². The van der Waals surface area contributed by atoms with Crippen molar-refractivity contribution < 1.29 is 13.6 Å². The molecule has 0 aliphatic heterocycles. The van der Waals surface area contributed by atoms with Gasteiger partial charge in [-0.1, -0.05) is 25.3 Å². The van der Waals surface area contributed by atoms with Crippen LogP contribution >= 0.6 is 0 Å². The van der Waals surface area contributed by atoms with Crippen molar-refractivity contribution in [1.29, 1.82) is 0 Å². The van der Waals surface area contributed by atoms with E-state index in [0.717, 1.165) is 24.2 Å². The van der Waals surface area contributed by atoms with E-state index in [2.05, 4.69) is 15.3 Å². The van der Waals surface area contributed by atoms with Crippen LogP contribution in [0.3, 0.4) is 0 Å². The van der Waals surface area contributed by atoms with Gasteiger partial charge in [-0.15, -0.1) is 0 Å². The summed E-state index contributed by atoms with van der Waals surface area (Å²) in [6.45, 7) is -1.75. The first-order valence-corrected chi connectivity index (χ1v) is 8.02. The number of rotatable bonds is 3. The summed E-state index contributed by atoms with van der Waals surface area (Å²) in [6, 6.07) is 5.82. The van der Waals surface area contributed by atoms with Gasteiger partial charge in [-0.2, -0.15) is 0 Å². The second-order valence-corrected chi connectivity index (χ2v) is 5.71. The van der Waals surface area contributed by atoms with Crippen LogP contribution in [0.1, 0.15) is 42.6 Å². The highest BCUT2D eigenvalue weighted by Gasteiger charge is 2.17. The van der Waals surface area contributed by atoms with Crippen molar-refractivity contribution >= 4 is 5.91 Å². The van der Waals surface area contributed by atoms with Gasteiger partial charge in [0.05, 0.1) is 23.9 Å². The Kier molecular flexibility index (Phi) is 6.84. The SMILES string of the molecule is Cn1cncc1-c1cccc(C(=O)NC2CCCCC2)n1.FCF. The van der Waals surface area contributed by atoms with E-state index in [9.17, 15) is 13.6 Å². The van der Waals surface area contributed by atoms with Crippen LogP contribution in [0, 0.1) is 0 Å². The molecule has 1 aliphatic carbocycles. The van der Waals surface area contributed by atoms with E-state index in [4.69, 9.17) is 0 Å². The Hall–Kier alpha value is -2.31. The quantitative estimate of drug-likeness (QED) is 0.934. The summed E-state index contributed by atoms with van der Waals surface area (Å²) in [5.41, 5.74) is 2.15. The molecule has 0 saturated heterocycles. The van der Waals surface area contributed by atoms with Crippen LogP contribution in [0.4, 0.5) is 8.78 Å². The predicted molar refractivity (Wildman–Crippen MR) is 87.9 cm³/mol. The standard InChI is InChI=1S/C16H20N4O.CH2F2/c1-20-11-17-10-15(20)13-8-5-9-14(19-13)16(21)18-12-6-3-2-4-7-12;2-1-3/h5,8-12H,2-4,6-7H2,1H3,(H,18,21);1H2. The van der Waals surface area contributed by atoms with Crippen LogP contribution in [0.25, 0.3) is 11.4 Å². The Morgan fingerprint density at radius 2 is 2.00 bits per heavy atom. The van der Waals surface area contributed by atoms with E-state index in [1.54, 1.807) is 18.6 Å². The van der Waals surface area contributed by atoms with Crippen molar-refractivity contribution in [2.24, 2.45) is 7.05 Å². The number of hydrogen-bond acceptors (Lipinski definition) is 3. The molecule has 1 aliphatic rings. The minimum absolute atomic E-state index is 0.0779. The number of pyridine rings is 1. The maximum Gasteiger partial charge on any atom is 0.270 e. The number of imidazole rings is 1. The normalized spacial score (nSPS) is 14.6. The minimum Gasteiger partial charge on any atom is -0.348 e. The minimum atomic E-state index is -1.75. The fourth-order valence-electron chi connectivity index (χ4n) is 2.81. The molecule has 0 unspecified atom stereocenters. The lowest BCUT2D eigenvalue weighted by molar-refractivity contribution is 0.0922. The molecule has 3 rings (SSSR count). The van der Waals surface area contributed by atoms with Gasteiger partial charge < -0.3 is 9.88 Å². The average Bonchev–Trinajstić information content (AvgIpc) is 3.03. The topological polar surface area (TPSA) is 59.8 Å². The highest BCUT2D eigenvalue weighted by atomic mass is 19.3. The molecule has 24 heavy (non-hydrogen) atoms. The molecule has 1 saturated carbocycles. The number of aromatic nitrogens is 3. The van der Waals surface area contributed by atoms with Gasteiger partial charge in [0.25, 0.3) is 5.91 Å². The third kappa shape index (κ3) is 4.84. The third-order valence-corrected chi connectivity index (χ3v) is 4.00. The number of hydrogen-bond donors (Lipinski definition) is 1. The fourth-order valence-corrected chi connectivity index (χ4v) is 2.81. The molecule has 2 heterocycles. The highest BCUT2D eigenvalue weighted by Crippen LogP contribution is 2.19. The number of nitrogens with zero attached hydrogens (tertiary/aromatic N) is 3. The van der Waals surface area contributed by atoms with Gasteiger partial charge in [-0.3, -0.25) is 4.79 Å². The number of carbonyl (C=O) groups excluding carboxylic acids is 1. The Morgan fingerprint density at radius 1 is 1.29 bits per heavy atom. The first-order chi connectivity index (χ1) is 11.7. The number of alkyl halides is 2. The summed E-state index contributed by atoms with van der Waals surface area (Å²) in [5, 5.41) is 3.10. The first kappa shape index (κ1) is 18.0. The Bertz CT molecular complexity index is 654. The summed E-state index contributed by atoms with van der Waals surface area (Å²) < 4.78 is 21.1. The van der Waals surface area contributed by atoms with Gasteiger partial charge in [0, 0.05) is 13.1 Å². The summed E-state index contributed by atoms with van der Waals surface area (Å²) in [7, 11) is 1.92.